The zero-order valence-corrected chi connectivity index (χ0v) is 18.0. The van der Waals surface area contributed by atoms with Crippen molar-refractivity contribution in [1.82, 2.24) is 4.57 Å². The summed E-state index contributed by atoms with van der Waals surface area (Å²) < 4.78 is 2.12. The van der Waals surface area contributed by atoms with Crippen LogP contribution in [0, 0.1) is 6.07 Å². The third-order valence-electron chi connectivity index (χ3n) is 5.24. The van der Waals surface area contributed by atoms with Crippen LogP contribution in [0.15, 0.2) is 66.0 Å². The van der Waals surface area contributed by atoms with E-state index in [1.165, 1.54) is 0 Å². The third kappa shape index (κ3) is 3.08. The molecule has 0 saturated heterocycles. The molecule has 6 heteroatoms. The minimum Gasteiger partial charge on any atom is -0.366 e. The Bertz CT molecular complexity index is 1400. The smallest absolute Gasteiger partial charge is 0.249 e. The number of halogens is 2. The quantitative estimate of drug-likeness (QED) is 0.323. The van der Waals surface area contributed by atoms with Crippen molar-refractivity contribution < 1.29 is 4.79 Å². The SMILES string of the molecule is NC(=O)c1cccc2c1c1[c]cc(-c3cccs3)cc1n2Cc1c(Cl)cccc1Cl. The summed E-state index contributed by atoms with van der Waals surface area (Å²) in [5.41, 5.74) is 9.88. The summed E-state index contributed by atoms with van der Waals surface area (Å²) in [6.45, 7) is 0.461. The lowest BCUT2D eigenvalue weighted by atomic mass is 10.0. The van der Waals surface area contributed by atoms with Gasteiger partial charge < -0.3 is 10.3 Å². The van der Waals surface area contributed by atoms with E-state index in [0.717, 1.165) is 37.8 Å². The standard InChI is InChI=1S/C24H15Cl2N2OS/c25-18-5-2-6-19(26)17(18)13-28-20-7-1-4-16(24(27)29)23(20)15-10-9-14(12-21(15)28)22-8-3-11-30-22/h1-9,11-12H,13H2,(H2,27,29). The van der Waals surface area contributed by atoms with Gasteiger partial charge in [-0.2, -0.15) is 0 Å². The maximum atomic E-state index is 12.1. The van der Waals surface area contributed by atoms with E-state index in [4.69, 9.17) is 28.9 Å². The summed E-state index contributed by atoms with van der Waals surface area (Å²) in [7, 11) is 0. The summed E-state index contributed by atoms with van der Waals surface area (Å²) in [5.74, 6) is -0.467. The Hall–Kier alpha value is -2.79. The number of nitrogens with two attached hydrogens (primary N) is 1. The third-order valence-corrected chi connectivity index (χ3v) is 6.87. The Morgan fingerprint density at radius 1 is 1.03 bits per heavy atom. The van der Waals surface area contributed by atoms with Crippen LogP contribution < -0.4 is 5.73 Å². The number of nitrogens with zero attached hydrogens (tertiary/aromatic N) is 1. The molecule has 2 N–H and O–H groups in total. The van der Waals surface area contributed by atoms with Crippen LogP contribution in [0.4, 0.5) is 0 Å². The van der Waals surface area contributed by atoms with Gasteiger partial charge in [-0.1, -0.05) is 41.4 Å². The Labute approximate surface area is 187 Å². The Kier molecular flexibility index (Phi) is 4.78. The van der Waals surface area contributed by atoms with Crippen LogP contribution >= 0.6 is 34.5 Å². The fourth-order valence-electron chi connectivity index (χ4n) is 3.86. The minimum atomic E-state index is -0.467. The average Bonchev–Trinajstić information content (AvgIpc) is 3.37. The second-order valence-corrected chi connectivity index (χ2v) is 8.74. The molecular weight excluding hydrogens is 435 g/mol. The van der Waals surface area contributed by atoms with Crippen LogP contribution in [0.3, 0.4) is 0 Å². The van der Waals surface area contributed by atoms with Gasteiger partial charge in [0.25, 0.3) is 0 Å². The highest BCUT2D eigenvalue weighted by Crippen LogP contribution is 2.37. The second kappa shape index (κ2) is 7.47. The molecule has 0 saturated carbocycles. The van der Waals surface area contributed by atoms with Gasteiger partial charge in [0.15, 0.2) is 0 Å². The van der Waals surface area contributed by atoms with E-state index in [2.05, 4.69) is 22.8 Å². The average molecular weight is 450 g/mol. The fourth-order valence-corrected chi connectivity index (χ4v) is 5.09. The van der Waals surface area contributed by atoms with Gasteiger partial charge >= 0.3 is 0 Å². The van der Waals surface area contributed by atoms with Gasteiger partial charge in [-0.25, -0.2) is 0 Å². The molecule has 0 spiro atoms. The molecule has 0 unspecified atom stereocenters. The first-order valence-corrected chi connectivity index (χ1v) is 10.9. The molecule has 3 aromatic carbocycles. The molecule has 0 atom stereocenters. The summed E-state index contributed by atoms with van der Waals surface area (Å²) in [6, 6.07) is 22.6. The zero-order valence-electron chi connectivity index (χ0n) is 15.7. The molecule has 0 bridgehead atoms. The van der Waals surface area contributed by atoms with E-state index < -0.39 is 5.91 Å². The van der Waals surface area contributed by atoms with Crippen molar-refractivity contribution in [2.45, 2.75) is 6.54 Å². The van der Waals surface area contributed by atoms with Crippen LogP contribution in [0.1, 0.15) is 15.9 Å². The van der Waals surface area contributed by atoms with Crippen LogP contribution in [0.5, 0.6) is 0 Å². The number of fused-ring (bicyclic) bond motifs is 3. The van der Waals surface area contributed by atoms with Crippen molar-refractivity contribution >= 4 is 62.3 Å². The van der Waals surface area contributed by atoms with E-state index in [0.29, 0.717) is 22.2 Å². The number of hydrogen-bond acceptors (Lipinski definition) is 2. The lowest BCUT2D eigenvalue weighted by Crippen LogP contribution is -2.11. The number of thiophene rings is 1. The number of carbonyl (C=O) groups excluding carboxylic acids is 1. The molecule has 3 nitrogen and oxygen atoms in total. The first-order chi connectivity index (χ1) is 14.5. The van der Waals surface area contributed by atoms with Crippen molar-refractivity contribution in [1.29, 1.82) is 0 Å². The summed E-state index contributed by atoms with van der Waals surface area (Å²) in [5, 5.41) is 4.89. The van der Waals surface area contributed by atoms with Crippen LogP contribution in [-0.4, -0.2) is 10.5 Å². The van der Waals surface area contributed by atoms with Gasteiger partial charge in [-0.05, 0) is 59.5 Å². The van der Waals surface area contributed by atoms with Crippen LogP contribution in [0.25, 0.3) is 32.2 Å². The van der Waals surface area contributed by atoms with Gasteiger partial charge in [-0.3, -0.25) is 4.79 Å². The molecule has 2 heterocycles. The lowest BCUT2D eigenvalue weighted by molar-refractivity contribution is 0.100. The Balaban J connectivity index is 1.85. The molecule has 0 aliphatic heterocycles. The van der Waals surface area contributed by atoms with Crippen molar-refractivity contribution in [3.8, 4) is 10.4 Å². The number of amides is 1. The zero-order chi connectivity index (χ0) is 20.8. The van der Waals surface area contributed by atoms with Gasteiger partial charge in [0.2, 0.25) is 5.91 Å². The van der Waals surface area contributed by atoms with Crippen molar-refractivity contribution in [2.24, 2.45) is 5.73 Å². The van der Waals surface area contributed by atoms with E-state index in [1.54, 1.807) is 17.4 Å². The minimum absolute atomic E-state index is 0.461. The number of carbonyl (C=O) groups is 1. The molecule has 0 aliphatic rings. The van der Waals surface area contributed by atoms with Gasteiger partial charge in [0, 0.05) is 36.8 Å². The Morgan fingerprint density at radius 3 is 2.50 bits per heavy atom. The van der Waals surface area contributed by atoms with Gasteiger partial charge in [0.1, 0.15) is 0 Å². The molecule has 147 valence electrons. The molecule has 5 rings (SSSR count). The number of benzene rings is 3. The predicted molar refractivity (Wildman–Crippen MR) is 126 cm³/mol. The summed E-state index contributed by atoms with van der Waals surface area (Å²) in [4.78, 5) is 13.3. The lowest BCUT2D eigenvalue weighted by Gasteiger charge is -2.12. The summed E-state index contributed by atoms with van der Waals surface area (Å²) >= 11 is 14.6. The molecule has 1 amide bonds. The highest BCUT2D eigenvalue weighted by Gasteiger charge is 2.19. The molecule has 30 heavy (non-hydrogen) atoms. The normalized spacial score (nSPS) is 11.4. The molecule has 1 radical (unpaired) electrons. The molecule has 0 aliphatic carbocycles. The number of aromatic nitrogens is 1. The number of rotatable bonds is 4. The molecule has 5 aromatic rings. The highest BCUT2D eigenvalue weighted by atomic mass is 35.5. The van der Waals surface area contributed by atoms with Crippen LogP contribution in [-0.2, 0) is 6.54 Å². The Morgan fingerprint density at radius 2 is 1.80 bits per heavy atom. The predicted octanol–water partition coefficient (Wildman–Crippen LogP) is 6.78. The molecule has 2 aromatic heterocycles. The van der Waals surface area contributed by atoms with Gasteiger partial charge in [0.05, 0.1) is 17.6 Å². The van der Waals surface area contributed by atoms with Crippen molar-refractivity contribution in [3.63, 3.8) is 0 Å². The fraction of sp³-hybridized carbons (Fsp3) is 0.0417. The van der Waals surface area contributed by atoms with Crippen LogP contribution in [0.2, 0.25) is 10.0 Å². The van der Waals surface area contributed by atoms with E-state index >= 15 is 0 Å². The van der Waals surface area contributed by atoms with Crippen molar-refractivity contribution in [2.75, 3.05) is 0 Å². The maximum Gasteiger partial charge on any atom is 0.249 e. The first-order valence-electron chi connectivity index (χ1n) is 9.28. The van der Waals surface area contributed by atoms with E-state index in [-0.39, 0.29) is 0 Å². The highest BCUT2D eigenvalue weighted by molar-refractivity contribution is 7.13. The van der Waals surface area contributed by atoms with E-state index in [9.17, 15) is 4.79 Å². The van der Waals surface area contributed by atoms with E-state index in [1.807, 2.05) is 47.8 Å². The monoisotopic (exact) mass is 449 g/mol. The summed E-state index contributed by atoms with van der Waals surface area (Å²) in [6.07, 6.45) is 0. The number of primary amides is 1. The second-order valence-electron chi connectivity index (χ2n) is 6.98. The van der Waals surface area contributed by atoms with Gasteiger partial charge in [-0.15, -0.1) is 11.3 Å². The first kappa shape index (κ1) is 19.2. The number of hydrogen-bond donors (Lipinski definition) is 1. The maximum absolute atomic E-state index is 12.1. The molecule has 0 fully saturated rings. The molecular formula is C24H15Cl2N2OS. The largest absolute Gasteiger partial charge is 0.366 e. The topological polar surface area (TPSA) is 48.0 Å². The van der Waals surface area contributed by atoms with Crippen molar-refractivity contribution in [3.05, 3.63) is 93.3 Å².